The molecule has 37 heavy (non-hydrogen) atoms. The Bertz CT molecular complexity index is 1320. The summed E-state index contributed by atoms with van der Waals surface area (Å²) >= 11 is 0. The highest BCUT2D eigenvalue weighted by molar-refractivity contribution is 7.90. The minimum absolute atomic E-state index is 0.102. The van der Waals surface area contributed by atoms with E-state index >= 15 is 0 Å². The summed E-state index contributed by atoms with van der Waals surface area (Å²) in [6.45, 7) is 2.03. The van der Waals surface area contributed by atoms with E-state index in [-0.39, 0.29) is 11.3 Å². The fourth-order valence-corrected chi connectivity index (χ4v) is 4.51. The zero-order chi connectivity index (χ0) is 26.9. The van der Waals surface area contributed by atoms with Gasteiger partial charge >= 0.3 is 6.18 Å². The van der Waals surface area contributed by atoms with Gasteiger partial charge in [-0.25, -0.2) is 13.1 Å². The average molecular weight is 533 g/mol. The van der Waals surface area contributed by atoms with Crippen LogP contribution in [0.25, 0.3) is 11.1 Å². The van der Waals surface area contributed by atoms with Gasteiger partial charge in [0.1, 0.15) is 0 Å². The van der Waals surface area contributed by atoms with Gasteiger partial charge in [-0.2, -0.15) is 13.2 Å². The number of alkyl halides is 3. The third kappa shape index (κ3) is 8.75. The first kappa shape index (κ1) is 27.9. The molecule has 0 aliphatic heterocycles. The second-order valence-electron chi connectivity index (χ2n) is 8.36. The van der Waals surface area contributed by atoms with Gasteiger partial charge in [-0.1, -0.05) is 67.7 Å². The van der Waals surface area contributed by atoms with Crippen molar-refractivity contribution in [1.82, 2.24) is 4.72 Å². The molecule has 1 N–H and O–H groups in total. The number of amides is 1. The molecule has 0 fully saturated rings. The highest BCUT2D eigenvalue weighted by atomic mass is 32.2. The van der Waals surface area contributed by atoms with Crippen molar-refractivity contribution in [3.8, 4) is 16.9 Å². The van der Waals surface area contributed by atoms with Crippen molar-refractivity contribution in [1.29, 1.82) is 0 Å². The SMILES string of the molecule is CCCCCCS(=O)(=O)NC(=O)c1ccc(O/N=C/c2ccc(-c3cccc(C(F)(F)F)c3)cc2)cc1. The van der Waals surface area contributed by atoms with Gasteiger partial charge in [0.05, 0.1) is 17.5 Å². The predicted molar refractivity (Wildman–Crippen MR) is 137 cm³/mol. The number of hydrogen-bond donors (Lipinski definition) is 1. The van der Waals surface area contributed by atoms with E-state index in [9.17, 15) is 26.4 Å². The summed E-state index contributed by atoms with van der Waals surface area (Å²) in [6.07, 6.45) is 0.238. The van der Waals surface area contributed by atoms with Crippen molar-refractivity contribution in [3.05, 3.63) is 89.5 Å². The molecule has 196 valence electrons. The smallest absolute Gasteiger partial charge is 0.357 e. The summed E-state index contributed by atoms with van der Waals surface area (Å²) in [5, 5.41) is 3.87. The van der Waals surface area contributed by atoms with Gasteiger partial charge < -0.3 is 4.84 Å². The molecule has 0 saturated carbocycles. The van der Waals surface area contributed by atoms with E-state index in [1.165, 1.54) is 36.5 Å². The molecule has 3 aromatic rings. The number of rotatable bonds is 11. The van der Waals surface area contributed by atoms with E-state index in [1.807, 2.05) is 6.92 Å². The van der Waals surface area contributed by atoms with Crippen LogP contribution < -0.4 is 9.56 Å². The van der Waals surface area contributed by atoms with Crippen molar-refractivity contribution in [2.45, 2.75) is 38.8 Å². The lowest BCUT2D eigenvalue weighted by atomic mass is 10.0. The Balaban J connectivity index is 1.54. The number of halogens is 3. The summed E-state index contributed by atoms with van der Waals surface area (Å²) in [7, 11) is -3.70. The Kier molecular flexibility index (Phi) is 9.46. The first-order valence-corrected chi connectivity index (χ1v) is 13.4. The van der Waals surface area contributed by atoms with E-state index in [2.05, 4.69) is 9.88 Å². The number of nitrogens with one attached hydrogen (secondary N) is 1. The third-order valence-electron chi connectivity index (χ3n) is 5.43. The van der Waals surface area contributed by atoms with Crippen LogP contribution in [0.1, 0.15) is 54.1 Å². The number of carbonyl (C=O) groups is 1. The first-order valence-electron chi connectivity index (χ1n) is 11.7. The van der Waals surface area contributed by atoms with Crippen LogP contribution in [-0.4, -0.2) is 26.3 Å². The van der Waals surface area contributed by atoms with Crippen LogP contribution in [0.5, 0.6) is 5.75 Å². The Labute approximate surface area is 214 Å². The standard InChI is InChI=1S/C27H27F3N2O4S/c1-2-3-4-5-17-37(34,35)32-26(33)22-13-15-25(16-14-22)36-31-19-20-9-11-21(12-10-20)23-7-6-8-24(18-23)27(28,29)30/h6-16,18-19H,2-5,17H2,1H3,(H,32,33)/b31-19+. The monoisotopic (exact) mass is 532 g/mol. The third-order valence-corrected chi connectivity index (χ3v) is 6.75. The molecular formula is C27H27F3N2O4S. The number of oxime groups is 1. The molecule has 0 aliphatic rings. The Morgan fingerprint density at radius 2 is 1.65 bits per heavy atom. The Hall–Kier alpha value is -3.66. The lowest BCUT2D eigenvalue weighted by Crippen LogP contribution is -2.32. The minimum Gasteiger partial charge on any atom is -0.357 e. The maximum absolute atomic E-state index is 12.9. The fourth-order valence-electron chi connectivity index (χ4n) is 3.42. The van der Waals surface area contributed by atoms with Crippen molar-refractivity contribution in [2.24, 2.45) is 5.16 Å². The average Bonchev–Trinajstić information content (AvgIpc) is 2.87. The van der Waals surface area contributed by atoms with Crippen molar-refractivity contribution in [2.75, 3.05) is 5.75 Å². The molecule has 0 atom stereocenters. The molecule has 3 aromatic carbocycles. The van der Waals surface area contributed by atoms with Crippen molar-refractivity contribution < 1.29 is 31.2 Å². The van der Waals surface area contributed by atoms with Gasteiger partial charge in [-0.05, 0) is 59.5 Å². The topological polar surface area (TPSA) is 84.8 Å². The zero-order valence-electron chi connectivity index (χ0n) is 20.2. The molecule has 0 bridgehead atoms. The zero-order valence-corrected chi connectivity index (χ0v) is 21.0. The minimum atomic E-state index is -4.41. The van der Waals surface area contributed by atoms with Crippen LogP contribution in [0.4, 0.5) is 13.2 Å². The molecule has 0 aliphatic carbocycles. The second-order valence-corrected chi connectivity index (χ2v) is 10.2. The largest absolute Gasteiger partial charge is 0.416 e. The molecule has 0 aromatic heterocycles. The number of sulfonamides is 1. The molecule has 3 rings (SSSR count). The maximum atomic E-state index is 12.9. The van der Waals surface area contributed by atoms with Gasteiger partial charge in [0.25, 0.3) is 5.91 Å². The molecular weight excluding hydrogens is 505 g/mol. The first-order chi connectivity index (χ1) is 17.6. The number of benzene rings is 3. The summed E-state index contributed by atoms with van der Waals surface area (Å²) in [6, 6.07) is 17.7. The van der Waals surface area contributed by atoms with E-state index in [4.69, 9.17) is 4.84 Å². The van der Waals surface area contributed by atoms with Crippen LogP contribution in [0.15, 0.2) is 78.0 Å². The molecule has 0 spiro atoms. The van der Waals surface area contributed by atoms with Crippen LogP contribution in [-0.2, 0) is 16.2 Å². The van der Waals surface area contributed by atoms with Gasteiger partial charge in [0.15, 0.2) is 5.75 Å². The van der Waals surface area contributed by atoms with Crippen molar-refractivity contribution in [3.63, 3.8) is 0 Å². The molecule has 10 heteroatoms. The van der Waals surface area contributed by atoms with Crippen LogP contribution in [0.3, 0.4) is 0 Å². The molecule has 0 unspecified atom stereocenters. The normalized spacial score (nSPS) is 12.0. The Morgan fingerprint density at radius 3 is 2.30 bits per heavy atom. The summed E-state index contributed by atoms with van der Waals surface area (Å²) in [5.41, 5.74) is 1.19. The van der Waals surface area contributed by atoms with E-state index in [0.29, 0.717) is 28.9 Å². The molecule has 6 nitrogen and oxygen atoms in total. The van der Waals surface area contributed by atoms with Crippen molar-refractivity contribution >= 4 is 22.1 Å². The fraction of sp³-hybridized carbons (Fsp3) is 0.259. The highest BCUT2D eigenvalue weighted by Gasteiger charge is 2.30. The predicted octanol–water partition coefficient (Wildman–Crippen LogP) is 6.43. The molecule has 0 radical (unpaired) electrons. The number of unbranched alkanes of at least 4 members (excludes halogenated alkanes) is 3. The summed E-state index contributed by atoms with van der Waals surface area (Å²) < 4.78 is 65.0. The summed E-state index contributed by atoms with van der Waals surface area (Å²) in [5.74, 6) is -0.488. The lowest BCUT2D eigenvalue weighted by Gasteiger charge is -2.09. The number of nitrogens with zero attached hydrogens (tertiary/aromatic N) is 1. The molecule has 0 heterocycles. The van der Waals surface area contributed by atoms with E-state index < -0.39 is 27.7 Å². The second kappa shape index (κ2) is 12.5. The van der Waals surface area contributed by atoms with Crippen LogP contribution in [0, 0.1) is 0 Å². The van der Waals surface area contributed by atoms with Gasteiger partial charge in [-0.3, -0.25) is 4.79 Å². The summed E-state index contributed by atoms with van der Waals surface area (Å²) in [4.78, 5) is 17.5. The lowest BCUT2D eigenvalue weighted by molar-refractivity contribution is -0.137. The van der Waals surface area contributed by atoms with E-state index in [0.717, 1.165) is 31.4 Å². The van der Waals surface area contributed by atoms with Crippen LogP contribution in [0.2, 0.25) is 0 Å². The number of carbonyl (C=O) groups excluding carboxylic acids is 1. The Morgan fingerprint density at radius 1 is 0.946 bits per heavy atom. The van der Waals surface area contributed by atoms with Gasteiger partial charge in [0, 0.05) is 5.56 Å². The van der Waals surface area contributed by atoms with Crippen LogP contribution >= 0.6 is 0 Å². The maximum Gasteiger partial charge on any atom is 0.416 e. The van der Waals surface area contributed by atoms with Gasteiger partial charge in [-0.15, -0.1) is 0 Å². The quantitative estimate of drug-likeness (QED) is 0.175. The van der Waals surface area contributed by atoms with Gasteiger partial charge in [0.2, 0.25) is 10.0 Å². The number of hydrogen-bond acceptors (Lipinski definition) is 5. The highest BCUT2D eigenvalue weighted by Crippen LogP contribution is 2.32. The molecule has 1 amide bonds. The van der Waals surface area contributed by atoms with E-state index in [1.54, 1.807) is 30.3 Å². The molecule has 0 saturated heterocycles.